The highest BCUT2D eigenvalue weighted by Gasteiger charge is 2.15. The molecule has 0 bridgehead atoms. The predicted octanol–water partition coefficient (Wildman–Crippen LogP) is 2.88. The Morgan fingerprint density at radius 2 is 2.05 bits per heavy atom. The molecule has 0 aliphatic rings. The van der Waals surface area contributed by atoms with E-state index in [2.05, 4.69) is 5.32 Å². The zero-order valence-corrected chi connectivity index (χ0v) is 13.0. The predicted molar refractivity (Wildman–Crippen MR) is 86.6 cm³/mol. The van der Waals surface area contributed by atoms with E-state index in [1.54, 1.807) is 30.3 Å². The quantitative estimate of drug-likeness (QED) is 0.795. The van der Waals surface area contributed by atoms with Gasteiger partial charge < -0.3 is 15.8 Å². The minimum atomic E-state index is -0.601. The summed E-state index contributed by atoms with van der Waals surface area (Å²) in [5.74, 6) is -0.929. The first kappa shape index (κ1) is 16.2. The van der Waals surface area contributed by atoms with E-state index in [0.29, 0.717) is 32.4 Å². The first-order valence-electron chi connectivity index (χ1n) is 6.45. The molecule has 2 amide bonds. The van der Waals surface area contributed by atoms with Gasteiger partial charge in [-0.25, -0.2) is 0 Å². The second kappa shape index (κ2) is 7.20. The van der Waals surface area contributed by atoms with Crippen LogP contribution in [0.1, 0.15) is 32.0 Å². The summed E-state index contributed by atoms with van der Waals surface area (Å²) in [6.07, 6.45) is 1.31. The van der Waals surface area contributed by atoms with Crippen molar-refractivity contribution in [3.63, 3.8) is 0 Å². The van der Waals surface area contributed by atoms with Gasteiger partial charge in [-0.05, 0) is 36.2 Å². The van der Waals surface area contributed by atoms with Crippen LogP contribution in [0.2, 0.25) is 4.34 Å². The Kier molecular flexibility index (Phi) is 5.30. The zero-order valence-electron chi connectivity index (χ0n) is 11.5. The molecule has 2 rings (SSSR count). The molecule has 22 heavy (non-hydrogen) atoms. The summed E-state index contributed by atoms with van der Waals surface area (Å²) in [5, 5.41) is 2.73. The Morgan fingerprint density at radius 1 is 1.27 bits per heavy atom. The number of hydrogen-bond donors (Lipinski definition) is 2. The molecule has 0 fully saturated rings. The van der Waals surface area contributed by atoms with Crippen LogP contribution in [0.4, 0.5) is 5.69 Å². The molecule has 0 aliphatic heterocycles. The molecule has 2 aromatic rings. The number of carbonyl (C=O) groups excluding carboxylic acids is 3. The average Bonchev–Trinajstić information content (AvgIpc) is 2.92. The molecule has 5 nitrogen and oxygen atoms in total. The highest BCUT2D eigenvalue weighted by Crippen LogP contribution is 2.25. The summed E-state index contributed by atoms with van der Waals surface area (Å²) in [7, 11) is 0. The fourth-order valence-corrected chi connectivity index (χ4v) is 2.97. The van der Waals surface area contributed by atoms with E-state index in [1.165, 1.54) is 0 Å². The number of nitrogens with one attached hydrogen (secondary N) is 1. The molecule has 0 unspecified atom stereocenters. The van der Waals surface area contributed by atoms with Crippen molar-refractivity contribution in [3.8, 4) is 0 Å². The molecule has 1 aromatic carbocycles. The molecule has 0 atom stereocenters. The standard InChI is InChI=1S/C15H13ClN2O3S/c16-13-7-6-12(22-13)15(21)18-11-5-1-3-10(14(17)20)9(11)4-2-8-19/h1,3,5-8H,2,4H2,(H2,17,20)(H,18,21). The summed E-state index contributed by atoms with van der Waals surface area (Å²) in [5.41, 5.74) is 6.66. The fourth-order valence-electron chi connectivity index (χ4n) is 2.03. The number of hydrogen-bond acceptors (Lipinski definition) is 4. The molecule has 0 aliphatic carbocycles. The van der Waals surface area contributed by atoms with Crippen LogP contribution < -0.4 is 11.1 Å². The van der Waals surface area contributed by atoms with E-state index in [1.807, 2.05) is 0 Å². The van der Waals surface area contributed by atoms with Gasteiger partial charge >= 0.3 is 0 Å². The van der Waals surface area contributed by atoms with Crippen molar-refractivity contribution in [3.05, 3.63) is 50.7 Å². The van der Waals surface area contributed by atoms with Crippen molar-refractivity contribution >= 4 is 46.7 Å². The number of rotatable bonds is 6. The maximum absolute atomic E-state index is 12.2. The largest absolute Gasteiger partial charge is 0.366 e. The summed E-state index contributed by atoms with van der Waals surface area (Å²) < 4.78 is 0.511. The Morgan fingerprint density at radius 3 is 2.64 bits per heavy atom. The van der Waals surface area contributed by atoms with E-state index in [-0.39, 0.29) is 12.3 Å². The van der Waals surface area contributed by atoms with Crippen LogP contribution >= 0.6 is 22.9 Å². The van der Waals surface area contributed by atoms with Crippen LogP contribution in [-0.2, 0) is 11.2 Å². The van der Waals surface area contributed by atoms with Gasteiger partial charge in [-0.3, -0.25) is 9.59 Å². The smallest absolute Gasteiger partial charge is 0.265 e. The second-order valence-corrected chi connectivity index (χ2v) is 6.17. The van der Waals surface area contributed by atoms with Gasteiger partial charge in [0.15, 0.2) is 0 Å². The van der Waals surface area contributed by atoms with Gasteiger partial charge in [0.25, 0.3) is 5.91 Å². The maximum Gasteiger partial charge on any atom is 0.265 e. The number of benzene rings is 1. The Balaban J connectivity index is 2.33. The Labute approximate surface area is 136 Å². The monoisotopic (exact) mass is 336 g/mol. The minimum Gasteiger partial charge on any atom is -0.366 e. The summed E-state index contributed by atoms with van der Waals surface area (Å²) in [6, 6.07) is 8.11. The van der Waals surface area contributed by atoms with E-state index in [4.69, 9.17) is 17.3 Å². The number of nitrogens with two attached hydrogens (primary N) is 1. The number of primary amides is 1. The molecule has 7 heteroatoms. The third kappa shape index (κ3) is 3.72. The highest BCUT2D eigenvalue weighted by atomic mass is 35.5. The SMILES string of the molecule is NC(=O)c1cccc(NC(=O)c2ccc(Cl)s2)c1CCC=O. The lowest BCUT2D eigenvalue weighted by Gasteiger charge is -2.13. The van der Waals surface area contributed by atoms with E-state index < -0.39 is 5.91 Å². The first-order chi connectivity index (χ1) is 10.5. The van der Waals surface area contributed by atoms with Gasteiger partial charge in [0.1, 0.15) is 6.29 Å². The van der Waals surface area contributed by atoms with Crippen LogP contribution in [-0.4, -0.2) is 18.1 Å². The fraction of sp³-hybridized carbons (Fsp3) is 0.133. The van der Waals surface area contributed by atoms with Crippen molar-refractivity contribution in [1.29, 1.82) is 0 Å². The average molecular weight is 337 g/mol. The zero-order chi connectivity index (χ0) is 16.1. The maximum atomic E-state index is 12.2. The van der Waals surface area contributed by atoms with Gasteiger partial charge in [0, 0.05) is 17.7 Å². The van der Waals surface area contributed by atoms with Crippen molar-refractivity contribution in [2.75, 3.05) is 5.32 Å². The third-order valence-corrected chi connectivity index (χ3v) is 4.23. The number of aldehydes is 1. The molecule has 0 saturated heterocycles. The van der Waals surface area contributed by atoms with Crippen LogP contribution in [0.25, 0.3) is 0 Å². The highest BCUT2D eigenvalue weighted by molar-refractivity contribution is 7.18. The molecule has 0 saturated carbocycles. The molecule has 1 heterocycles. The molecule has 1 aromatic heterocycles. The first-order valence-corrected chi connectivity index (χ1v) is 7.64. The van der Waals surface area contributed by atoms with Crippen LogP contribution in [0.5, 0.6) is 0 Å². The summed E-state index contributed by atoms with van der Waals surface area (Å²) in [4.78, 5) is 34.7. The van der Waals surface area contributed by atoms with Crippen molar-refractivity contribution < 1.29 is 14.4 Å². The van der Waals surface area contributed by atoms with E-state index in [9.17, 15) is 14.4 Å². The molecule has 3 N–H and O–H groups in total. The number of anilines is 1. The van der Waals surface area contributed by atoms with E-state index in [0.717, 1.165) is 17.6 Å². The lowest BCUT2D eigenvalue weighted by molar-refractivity contribution is -0.107. The number of amides is 2. The third-order valence-electron chi connectivity index (χ3n) is 3.00. The van der Waals surface area contributed by atoms with E-state index >= 15 is 0 Å². The number of halogens is 1. The summed E-state index contributed by atoms with van der Waals surface area (Å²) in [6.45, 7) is 0. The lowest BCUT2D eigenvalue weighted by Crippen LogP contribution is -2.17. The minimum absolute atomic E-state index is 0.234. The van der Waals surface area contributed by atoms with Crippen molar-refractivity contribution in [2.24, 2.45) is 5.73 Å². The second-order valence-electron chi connectivity index (χ2n) is 4.46. The van der Waals surface area contributed by atoms with Gasteiger partial charge in [-0.2, -0.15) is 0 Å². The van der Waals surface area contributed by atoms with Crippen LogP contribution in [0.3, 0.4) is 0 Å². The number of thiophene rings is 1. The molecular formula is C15H13ClN2O3S. The van der Waals surface area contributed by atoms with Crippen molar-refractivity contribution in [2.45, 2.75) is 12.8 Å². The Bertz CT molecular complexity index is 727. The molecule has 114 valence electrons. The summed E-state index contributed by atoms with van der Waals surface area (Å²) >= 11 is 6.97. The van der Waals surface area contributed by atoms with Gasteiger partial charge in [0.2, 0.25) is 5.91 Å². The molecule has 0 radical (unpaired) electrons. The topological polar surface area (TPSA) is 89.3 Å². The van der Waals surface area contributed by atoms with Crippen LogP contribution in [0, 0.1) is 0 Å². The van der Waals surface area contributed by atoms with Gasteiger partial charge in [0.05, 0.1) is 9.21 Å². The van der Waals surface area contributed by atoms with Crippen LogP contribution in [0.15, 0.2) is 30.3 Å². The Hall–Kier alpha value is -2.18. The normalized spacial score (nSPS) is 10.2. The van der Waals surface area contributed by atoms with Gasteiger partial charge in [-0.1, -0.05) is 17.7 Å². The molecule has 0 spiro atoms. The lowest BCUT2D eigenvalue weighted by atomic mass is 10.00. The van der Waals surface area contributed by atoms with Gasteiger partial charge in [-0.15, -0.1) is 11.3 Å². The number of carbonyl (C=O) groups is 3. The van der Waals surface area contributed by atoms with Crippen molar-refractivity contribution in [1.82, 2.24) is 0 Å². The molecular weight excluding hydrogens is 324 g/mol.